The highest BCUT2D eigenvalue weighted by Crippen LogP contribution is 2.26. The van der Waals surface area contributed by atoms with Gasteiger partial charge in [0.05, 0.1) is 4.90 Å². The zero-order valence-electron chi connectivity index (χ0n) is 15.8. The van der Waals surface area contributed by atoms with Crippen molar-refractivity contribution >= 4 is 34.0 Å². The zero-order chi connectivity index (χ0) is 19.4. The van der Waals surface area contributed by atoms with Crippen LogP contribution < -0.4 is 11.1 Å². The Balaban J connectivity index is 0.00000280. The van der Waals surface area contributed by atoms with E-state index < -0.39 is 10.0 Å². The fraction of sp³-hybridized carbons (Fsp3) is 0.350. The molecular formula is C20H26ClN3O3S. The van der Waals surface area contributed by atoms with Crippen LogP contribution in [0.4, 0.5) is 5.69 Å². The average molecular weight is 424 g/mol. The van der Waals surface area contributed by atoms with Gasteiger partial charge in [0.25, 0.3) is 5.91 Å². The largest absolute Gasteiger partial charge is 0.326 e. The predicted octanol–water partition coefficient (Wildman–Crippen LogP) is 3.30. The lowest BCUT2D eigenvalue weighted by Gasteiger charge is -2.26. The molecule has 0 aliphatic carbocycles. The van der Waals surface area contributed by atoms with E-state index in [4.69, 9.17) is 5.73 Å². The molecule has 0 unspecified atom stereocenters. The number of hydrogen-bond acceptors (Lipinski definition) is 4. The van der Waals surface area contributed by atoms with Gasteiger partial charge in [0, 0.05) is 30.9 Å². The lowest BCUT2D eigenvalue weighted by Crippen LogP contribution is -2.36. The smallest absolute Gasteiger partial charge is 0.255 e. The molecule has 28 heavy (non-hydrogen) atoms. The Morgan fingerprint density at radius 2 is 1.71 bits per heavy atom. The maximum Gasteiger partial charge on any atom is 0.255 e. The quantitative estimate of drug-likeness (QED) is 0.771. The minimum Gasteiger partial charge on any atom is -0.326 e. The minimum absolute atomic E-state index is 0. The molecule has 2 aromatic carbocycles. The Morgan fingerprint density at radius 1 is 1.07 bits per heavy atom. The molecule has 0 saturated carbocycles. The fourth-order valence-electron chi connectivity index (χ4n) is 3.20. The van der Waals surface area contributed by atoms with Crippen LogP contribution in [0, 0.1) is 6.92 Å². The molecule has 0 spiro atoms. The number of carbonyl (C=O) groups excluding carboxylic acids is 1. The first-order valence-electron chi connectivity index (χ1n) is 9.13. The van der Waals surface area contributed by atoms with E-state index in [1.54, 1.807) is 49.4 Å². The highest BCUT2D eigenvalue weighted by atomic mass is 35.5. The second kappa shape index (κ2) is 9.52. The van der Waals surface area contributed by atoms with Crippen molar-refractivity contribution < 1.29 is 13.2 Å². The number of hydrogen-bond donors (Lipinski definition) is 2. The van der Waals surface area contributed by atoms with E-state index in [2.05, 4.69) is 5.32 Å². The summed E-state index contributed by atoms with van der Waals surface area (Å²) >= 11 is 0. The predicted molar refractivity (Wildman–Crippen MR) is 113 cm³/mol. The van der Waals surface area contributed by atoms with Crippen molar-refractivity contribution in [3.8, 4) is 0 Å². The Labute approximate surface area is 172 Å². The summed E-state index contributed by atoms with van der Waals surface area (Å²) in [4.78, 5) is 12.7. The van der Waals surface area contributed by atoms with Crippen LogP contribution in [-0.4, -0.2) is 31.7 Å². The van der Waals surface area contributed by atoms with Crippen LogP contribution in [0.15, 0.2) is 47.4 Å². The molecule has 1 amide bonds. The Bertz CT molecular complexity index is 924. The first kappa shape index (κ1) is 22.4. The second-order valence-corrected chi connectivity index (χ2v) is 8.71. The van der Waals surface area contributed by atoms with Crippen LogP contribution >= 0.6 is 12.4 Å². The first-order valence-corrected chi connectivity index (χ1v) is 10.6. The van der Waals surface area contributed by atoms with Gasteiger partial charge in [0.2, 0.25) is 10.0 Å². The average Bonchev–Trinajstić information content (AvgIpc) is 2.70. The molecule has 1 saturated heterocycles. The van der Waals surface area contributed by atoms with Crippen LogP contribution in [0.3, 0.4) is 0 Å². The topological polar surface area (TPSA) is 92.5 Å². The first-order chi connectivity index (χ1) is 12.9. The minimum atomic E-state index is -3.56. The molecule has 0 atom stereocenters. The normalized spacial score (nSPS) is 14.9. The molecule has 0 aromatic heterocycles. The number of nitrogens with two attached hydrogens (primary N) is 1. The van der Waals surface area contributed by atoms with Crippen LogP contribution in [0.1, 0.15) is 40.7 Å². The molecule has 3 rings (SSSR count). The van der Waals surface area contributed by atoms with Gasteiger partial charge in [-0.1, -0.05) is 24.6 Å². The Hall–Kier alpha value is -1.93. The van der Waals surface area contributed by atoms with E-state index in [0.29, 0.717) is 36.4 Å². The number of nitrogens with one attached hydrogen (secondary N) is 1. The van der Waals surface area contributed by atoms with Gasteiger partial charge in [-0.15, -0.1) is 12.4 Å². The molecule has 1 fully saturated rings. The van der Waals surface area contributed by atoms with E-state index in [1.807, 2.05) is 0 Å². The van der Waals surface area contributed by atoms with Crippen LogP contribution in [-0.2, 0) is 16.6 Å². The van der Waals surface area contributed by atoms with Gasteiger partial charge in [-0.25, -0.2) is 8.42 Å². The second-order valence-electron chi connectivity index (χ2n) is 6.80. The van der Waals surface area contributed by atoms with Gasteiger partial charge < -0.3 is 11.1 Å². The maximum atomic E-state index is 13.0. The number of halogens is 1. The Morgan fingerprint density at radius 3 is 2.32 bits per heavy atom. The molecule has 1 aliphatic rings. The summed E-state index contributed by atoms with van der Waals surface area (Å²) < 4.78 is 27.5. The SMILES string of the molecule is Cc1ccc(NC(=O)c2ccc(CN)cc2)cc1S(=O)(=O)N1CCCCC1.Cl. The summed E-state index contributed by atoms with van der Waals surface area (Å²) in [5.41, 5.74) is 8.14. The van der Waals surface area contributed by atoms with Crippen molar-refractivity contribution in [3.05, 3.63) is 59.2 Å². The summed E-state index contributed by atoms with van der Waals surface area (Å²) in [6.07, 6.45) is 2.82. The van der Waals surface area contributed by atoms with Gasteiger partial charge in [-0.3, -0.25) is 4.79 Å². The number of sulfonamides is 1. The van der Waals surface area contributed by atoms with Crippen LogP contribution in [0.2, 0.25) is 0 Å². The third-order valence-corrected chi connectivity index (χ3v) is 6.87. The number of rotatable bonds is 5. The van der Waals surface area contributed by atoms with Crippen LogP contribution in [0.5, 0.6) is 0 Å². The van der Waals surface area contributed by atoms with Gasteiger partial charge in [0.15, 0.2) is 0 Å². The van der Waals surface area contributed by atoms with Gasteiger partial charge in [-0.05, 0) is 55.2 Å². The third-order valence-electron chi connectivity index (χ3n) is 4.83. The molecule has 1 heterocycles. The number of carbonyl (C=O) groups is 1. The lowest BCUT2D eigenvalue weighted by molar-refractivity contribution is 0.102. The van der Waals surface area contributed by atoms with E-state index in [0.717, 1.165) is 24.8 Å². The highest BCUT2D eigenvalue weighted by molar-refractivity contribution is 7.89. The molecular weight excluding hydrogens is 398 g/mol. The van der Waals surface area contributed by atoms with Crippen molar-refractivity contribution in [2.24, 2.45) is 5.73 Å². The summed E-state index contributed by atoms with van der Waals surface area (Å²) in [5, 5.41) is 2.79. The van der Waals surface area contributed by atoms with Crippen molar-refractivity contribution in [1.29, 1.82) is 0 Å². The van der Waals surface area contributed by atoms with Crippen molar-refractivity contribution in [2.45, 2.75) is 37.6 Å². The fourth-order valence-corrected chi connectivity index (χ4v) is 4.96. The van der Waals surface area contributed by atoms with Gasteiger partial charge in [0.1, 0.15) is 0 Å². The summed E-state index contributed by atoms with van der Waals surface area (Å²) in [5.74, 6) is -0.288. The maximum absolute atomic E-state index is 13.0. The monoisotopic (exact) mass is 423 g/mol. The number of benzene rings is 2. The van der Waals surface area contributed by atoms with Crippen molar-refractivity contribution in [2.75, 3.05) is 18.4 Å². The molecule has 1 aliphatic heterocycles. The lowest BCUT2D eigenvalue weighted by atomic mass is 10.1. The zero-order valence-corrected chi connectivity index (χ0v) is 17.5. The molecule has 3 N–H and O–H groups in total. The molecule has 8 heteroatoms. The van der Waals surface area contributed by atoms with E-state index >= 15 is 0 Å². The molecule has 6 nitrogen and oxygen atoms in total. The van der Waals surface area contributed by atoms with Crippen molar-refractivity contribution in [1.82, 2.24) is 4.31 Å². The standard InChI is InChI=1S/C20H25N3O3S.ClH/c1-15-5-10-18(22-20(24)17-8-6-16(14-21)7-9-17)13-19(15)27(25,26)23-11-3-2-4-12-23;/h5-10,13H,2-4,11-12,14,21H2,1H3,(H,22,24);1H. The van der Waals surface area contributed by atoms with E-state index in [9.17, 15) is 13.2 Å². The Kier molecular flexibility index (Phi) is 7.60. The van der Waals surface area contributed by atoms with Gasteiger partial charge >= 0.3 is 0 Å². The van der Waals surface area contributed by atoms with E-state index in [-0.39, 0.29) is 23.2 Å². The van der Waals surface area contributed by atoms with E-state index in [1.165, 1.54) is 4.31 Å². The third kappa shape index (κ3) is 4.91. The highest BCUT2D eigenvalue weighted by Gasteiger charge is 2.27. The molecule has 0 bridgehead atoms. The summed E-state index contributed by atoms with van der Waals surface area (Å²) in [6, 6.07) is 12.0. The molecule has 2 aromatic rings. The molecule has 152 valence electrons. The number of anilines is 1. The van der Waals surface area contributed by atoms with Gasteiger partial charge in [-0.2, -0.15) is 4.31 Å². The molecule has 0 radical (unpaired) electrons. The number of aryl methyl sites for hydroxylation is 1. The number of amides is 1. The van der Waals surface area contributed by atoms with Crippen molar-refractivity contribution in [3.63, 3.8) is 0 Å². The number of nitrogens with zero attached hydrogens (tertiary/aromatic N) is 1. The summed E-state index contributed by atoms with van der Waals surface area (Å²) in [7, 11) is -3.56. The number of piperidine rings is 1. The van der Waals surface area contributed by atoms with Crippen LogP contribution in [0.25, 0.3) is 0 Å². The summed E-state index contributed by atoms with van der Waals surface area (Å²) in [6.45, 7) is 3.28.